The molecule has 0 aliphatic carbocycles. The fraction of sp³-hybridized carbons (Fsp3) is 0.0435. The van der Waals surface area contributed by atoms with Crippen molar-refractivity contribution in [1.82, 2.24) is 0 Å². The van der Waals surface area contributed by atoms with E-state index in [1.807, 2.05) is 30.3 Å². The number of carbonyl (C=O) groups excluding carboxylic acids is 1. The van der Waals surface area contributed by atoms with Crippen LogP contribution in [-0.2, 0) is 0 Å². The van der Waals surface area contributed by atoms with Gasteiger partial charge in [0.15, 0.2) is 0 Å². The van der Waals surface area contributed by atoms with E-state index in [-0.39, 0.29) is 5.56 Å². The molecule has 4 rings (SSSR count). The number of amides is 1. The van der Waals surface area contributed by atoms with E-state index in [1.54, 1.807) is 42.5 Å². The van der Waals surface area contributed by atoms with Gasteiger partial charge in [0, 0.05) is 17.1 Å². The van der Waals surface area contributed by atoms with Crippen LogP contribution in [0, 0.1) is 0 Å². The number of fused-ring (bicyclic) bond motifs is 1. The van der Waals surface area contributed by atoms with Gasteiger partial charge in [0.05, 0.1) is 18.5 Å². The number of ether oxygens (including phenoxy) is 1. The SMILES string of the molecule is COc1ccc2cc(C(=O)Nc3ccc(N=Nc4ccccc4)cc3)c(=O)oc2c1. The van der Waals surface area contributed by atoms with Gasteiger partial charge in [-0.2, -0.15) is 10.2 Å². The van der Waals surface area contributed by atoms with Crippen LogP contribution in [0.15, 0.2) is 98.3 Å². The molecule has 1 heterocycles. The summed E-state index contributed by atoms with van der Waals surface area (Å²) in [5, 5.41) is 11.6. The van der Waals surface area contributed by atoms with Crippen LogP contribution in [-0.4, -0.2) is 13.0 Å². The molecule has 0 fully saturated rings. The first kappa shape index (κ1) is 19.1. The van der Waals surface area contributed by atoms with Gasteiger partial charge in [-0.3, -0.25) is 4.79 Å². The lowest BCUT2D eigenvalue weighted by Crippen LogP contribution is -2.20. The Kier molecular flexibility index (Phi) is 5.34. The van der Waals surface area contributed by atoms with Gasteiger partial charge in [-0.25, -0.2) is 4.79 Å². The van der Waals surface area contributed by atoms with Gasteiger partial charge in [0.1, 0.15) is 16.9 Å². The fourth-order valence-electron chi connectivity index (χ4n) is 2.80. The summed E-state index contributed by atoms with van der Waals surface area (Å²) >= 11 is 0. The van der Waals surface area contributed by atoms with Crippen LogP contribution in [0.2, 0.25) is 0 Å². The molecular weight excluding hydrogens is 382 g/mol. The van der Waals surface area contributed by atoms with Crippen molar-refractivity contribution in [1.29, 1.82) is 0 Å². The van der Waals surface area contributed by atoms with Crippen LogP contribution in [0.25, 0.3) is 11.0 Å². The van der Waals surface area contributed by atoms with E-state index in [0.29, 0.717) is 28.1 Å². The number of rotatable bonds is 5. The van der Waals surface area contributed by atoms with Crippen molar-refractivity contribution in [3.05, 3.63) is 94.8 Å². The van der Waals surface area contributed by atoms with Crippen molar-refractivity contribution in [3.63, 3.8) is 0 Å². The molecule has 1 aromatic heterocycles. The number of hydrogen-bond acceptors (Lipinski definition) is 6. The highest BCUT2D eigenvalue weighted by molar-refractivity contribution is 6.05. The monoisotopic (exact) mass is 399 g/mol. The van der Waals surface area contributed by atoms with E-state index in [9.17, 15) is 9.59 Å². The smallest absolute Gasteiger partial charge is 0.349 e. The van der Waals surface area contributed by atoms with Crippen LogP contribution >= 0.6 is 0 Å². The standard InChI is InChI=1S/C23H17N3O4/c1-29-19-12-7-15-13-20(23(28)30-21(15)14-19)22(27)24-16-8-10-18(11-9-16)26-25-17-5-3-2-4-6-17/h2-14H,1H3,(H,24,27). The second-order valence-corrected chi connectivity index (χ2v) is 6.39. The Hall–Kier alpha value is -4.26. The quantitative estimate of drug-likeness (QED) is 0.356. The number of nitrogens with zero attached hydrogens (tertiary/aromatic N) is 2. The molecule has 1 amide bonds. The Morgan fingerprint density at radius 3 is 2.30 bits per heavy atom. The number of anilines is 1. The summed E-state index contributed by atoms with van der Waals surface area (Å²) in [6, 6.07) is 22.7. The first-order valence-electron chi connectivity index (χ1n) is 9.12. The average Bonchev–Trinajstić information content (AvgIpc) is 2.78. The van der Waals surface area contributed by atoms with Crippen molar-refractivity contribution in [2.45, 2.75) is 0 Å². The Morgan fingerprint density at radius 2 is 1.60 bits per heavy atom. The third kappa shape index (κ3) is 4.25. The van der Waals surface area contributed by atoms with E-state index >= 15 is 0 Å². The molecule has 0 saturated carbocycles. The predicted molar refractivity (Wildman–Crippen MR) is 114 cm³/mol. The van der Waals surface area contributed by atoms with Crippen molar-refractivity contribution < 1.29 is 13.9 Å². The minimum absolute atomic E-state index is 0.0829. The summed E-state index contributed by atoms with van der Waals surface area (Å²) in [4.78, 5) is 24.8. The van der Waals surface area contributed by atoms with E-state index in [1.165, 1.54) is 13.2 Å². The second kappa shape index (κ2) is 8.40. The molecule has 0 spiro atoms. The highest BCUT2D eigenvalue weighted by Crippen LogP contribution is 2.22. The number of nitrogens with one attached hydrogen (secondary N) is 1. The maximum absolute atomic E-state index is 12.6. The largest absolute Gasteiger partial charge is 0.497 e. The molecule has 0 bridgehead atoms. The van der Waals surface area contributed by atoms with Crippen LogP contribution in [0.1, 0.15) is 10.4 Å². The van der Waals surface area contributed by atoms with Crippen molar-refractivity contribution in [3.8, 4) is 5.75 Å². The number of carbonyl (C=O) groups is 1. The van der Waals surface area contributed by atoms with E-state index in [2.05, 4.69) is 15.5 Å². The molecule has 0 saturated heterocycles. The van der Waals surface area contributed by atoms with Crippen LogP contribution in [0.5, 0.6) is 5.75 Å². The molecule has 7 heteroatoms. The van der Waals surface area contributed by atoms with Gasteiger partial charge in [0.25, 0.3) is 5.91 Å². The number of methoxy groups -OCH3 is 1. The molecule has 0 aliphatic heterocycles. The molecule has 1 N–H and O–H groups in total. The second-order valence-electron chi connectivity index (χ2n) is 6.39. The highest BCUT2D eigenvalue weighted by Gasteiger charge is 2.14. The van der Waals surface area contributed by atoms with E-state index in [0.717, 1.165) is 5.69 Å². The maximum Gasteiger partial charge on any atom is 0.349 e. The summed E-state index contributed by atoms with van der Waals surface area (Å²) in [6.45, 7) is 0. The molecule has 0 aliphatic rings. The third-order valence-corrected chi connectivity index (χ3v) is 4.35. The van der Waals surface area contributed by atoms with Gasteiger partial charge in [0.2, 0.25) is 0 Å². The lowest BCUT2D eigenvalue weighted by atomic mass is 10.1. The summed E-state index contributed by atoms with van der Waals surface area (Å²) < 4.78 is 10.4. The van der Waals surface area contributed by atoms with Gasteiger partial charge < -0.3 is 14.5 Å². The molecule has 0 unspecified atom stereocenters. The summed E-state index contributed by atoms with van der Waals surface area (Å²) in [5.41, 5.74) is 1.45. The fourth-order valence-corrected chi connectivity index (χ4v) is 2.80. The predicted octanol–water partition coefficient (Wildman–Crippen LogP) is 5.47. The number of benzene rings is 3. The summed E-state index contributed by atoms with van der Waals surface area (Å²) in [5.74, 6) is 0.00693. The maximum atomic E-state index is 12.6. The first-order chi connectivity index (χ1) is 14.6. The van der Waals surface area contributed by atoms with E-state index < -0.39 is 11.5 Å². The van der Waals surface area contributed by atoms with Gasteiger partial charge >= 0.3 is 5.63 Å². The highest BCUT2D eigenvalue weighted by atomic mass is 16.5. The number of azo groups is 1. The topological polar surface area (TPSA) is 93.3 Å². The van der Waals surface area contributed by atoms with E-state index in [4.69, 9.17) is 9.15 Å². The van der Waals surface area contributed by atoms with Crippen LogP contribution < -0.4 is 15.7 Å². The zero-order valence-corrected chi connectivity index (χ0v) is 16.0. The molecule has 0 atom stereocenters. The van der Waals surface area contributed by atoms with Crippen molar-refractivity contribution in [2.24, 2.45) is 10.2 Å². The van der Waals surface area contributed by atoms with Gasteiger partial charge in [-0.1, -0.05) is 18.2 Å². The molecule has 0 radical (unpaired) electrons. The molecule has 4 aromatic rings. The van der Waals surface area contributed by atoms with Crippen LogP contribution in [0.4, 0.5) is 17.1 Å². The lowest BCUT2D eigenvalue weighted by molar-refractivity contribution is 0.102. The molecule has 7 nitrogen and oxygen atoms in total. The Bertz CT molecular complexity index is 1280. The molecule has 30 heavy (non-hydrogen) atoms. The minimum Gasteiger partial charge on any atom is -0.497 e. The summed E-state index contributed by atoms with van der Waals surface area (Å²) in [7, 11) is 1.52. The van der Waals surface area contributed by atoms with Crippen LogP contribution in [0.3, 0.4) is 0 Å². The zero-order valence-electron chi connectivity index (χ0n) is 16.0. The molecule has 3 aromatic carbocycles. The summed E-state index contributed by atoms with van der Waals surface area (Å²) in [6.07, 6.45) is 0. The van der Waals surface area contributed by atoms with Gasteiger partial charge in [-0.15, -0.1) is 0 Å². The van der Waals surface area contributed by atoms with Crippen molar-refractivity contribution >= 4 is 33.9 Å². The number of hydrogen-bond donors (Lipinski definition) is 1. The Morgan fingerprint density at radius 1 is 0.900 bits per heavy atom. The molecule has 148 valence electrons. The zero-order chi connectivity index (χ0) is 20.9. The average molecular weight is 399 g/mol. The first-order valence-corrected chi connectivity index (χ1v) is 9.12. The molecular formula is C23H17N3O4. The third-order valence-electron chi connectivity index (χ3n) is 4.35. The Balaban J connectivity index is 1.50. The van der Waals surface area contributed by atoms with Gasteiger partial charge in [-0.05, 0) is 54.6 Å². The van der Waals surface area contributed by atoms with Crippen molar-refractivity contribution in [2.75, 3.05) is 12.4 Å². The lowest BCUT2D eigenvalue weighted by Gasteiger charge is -2.06. The normalized spacial score (nSPS) is 11.0. The minimum atomic E-state index is -0.721. The Labute approximate surface area is 171 Å².